The minimum atomic E-state index is -0.932. The van der Waals surface area contributed by atoms with E-state index in [-0.39, 0.29) is 6.04 Å². The largest absolute Gasteiger partial charge is 0.480 e. The molecule has 3 unspecified atom stereocenters. The highest BCUT2D eigenvalue weighted by Crippen LogP contribution is 2.39. The molecule has 1 aliphatic carbocycles. The van der Waals surface area contributed by atoms with Crippen LogP contribution in [0.2, 0.25) is 0 Å². The summed E-state index contributed by atoms with van der Waals surface area (Å²) in [4.78, 5) is 24.1. The third-order valence-electron chi connectivity index (χ3n) is 3.73. The van der Waals surface area contributed by atoms with Gasteiger partial charge in [0.2, 0.25) is 0 Å². The summed E-state index contributed by atoms with van der Waals surface area (Å²) >= 11 is 0. The fourth-order valence-electron chi connectivity index (χ4n) is 3.05. The number of carbonyl (C=O) groups is 2. The topological polar surface area (TPSA) is 57.6 Å². The molecule has 0 aromatic heterocycles. The number of hydrogen-bond donors (Lipinski definition) is 1. The Hall–Kier alpha value is -1.50. The van der Waals surface area contributed by atoms with Gasteiger partial charge in [0, 0.05) is 6.04 Å². The Labute approximate surface area is 94.6 Å². The van der Waals surface area contributed by atoms with Crippen LogP contribution in [-0.4, -0.2) is 34.0 Å². The lowest BCUT2D eigenvalue weighted by Gasteiger charge is -2.31. The third kappa shape index (κ3) is 1.67. The molecule has 86 valence electrons. The summed E-state index contributed by atoms with van der Waals surface area (Å²) in [6.45, 7) is 0. The van der Waals surface area contributed by atoms with E-state index in [0.29, 0.717) is 12.3 Å². The number of amides is 1. The zero-order valence-electron chi connectivity index (χ0n) is 9.06. The van der Waals surface area contributed by atoms with Crippen LogP contribution >= 0.6 is 0 Å². The standard InChI is InChI=1S/C12H15NO3/c1-2-11(14)13-9-6-4-3-5-8(9)7-10(13)12(15)16/h1,8-10H,3-7H2,(H,15,16). The van der Waals surface area contributed by atoms with E-state index in [1.807, 2.05) is 5.92 Å². The van der Waals surface area contributed by atoms with E-state index in [2.05, 4.69) is 0 Å². The van der Waals surface area contributed by atoms with Gasteiger partial charge in [-0.05, 0) is 31.1 Å². The van der Waals surface area contributed by atoms with Gasteiger partial charge >= 0.3 is 5.97 Å². The van der Waals surface area contributed by atoms with Crippen molar-refractivity contribution < 1.29 is 14.7 Å². The first-order valence-electron chi connectivity index (χ1n) is 5.67. The highest BCUT2D eigenvalue weighted by molar-refractivity contribution is 5.96. The van der Waals surface area contributed by atoms with E-state index in [1.165, 1.54) is 4.90 Å². The number of carboxylic acid groups (broad SMARTS) is 1. The number of aliphatic carboxylic acids is 1. The van der Waals surface area contributed by atoms with Crippen LogP contribution in [0.3, 0.4) is 0 Å². The zero-order valence-corrected chi connectivity index (χ0v) is 9.06. The zero-order chi connectivity index (χ0) is 11.7. The van der Waals surface area contributed by atoms with Crippen LogP contribution in [0.15, 0.2) is 0 Å². The molecule has 16 heavy (non-hydrogen) atoms. The van der Waals surface area contributed by atoms with Crippen molar-refractivity contribution in [2.75, 3.05) is 0 Å². The van der Waals surface area contributed by atoms with E-state index in [4.69, 9.17) is 11.5 Å². The molecular weight excluding hydrogens is 206 g/mol. The van der Waals surface area contributed by atoms with Gasteiger partial charge in [-0.3, -0.25) is 4.79 Å². The summed E-state index contributed by atoms with van der Waals surface area (Å²) in [7, 11) is 0. The van der Waals surface area contributed by atoms with Gasteiger partial charge in [0.25, 0.3) is 5.91 Å². The smallest absolute Gasteiger partial charge is 0.326 e. The number of hydrogen-bond acceptors (Lipinski definition) is 2. The maximum Gasteiger partial charge on any atom is 0.326 e. The van der Waals surface area contributed by atoms with Gasteiger partial charge in [0.1, 0.15) is 6.04 Å². The SMILES string of the molecule is C#CC(=O)N1C(C(=O)O)CC2CCCCC21. The van der Waals surface area contributed by atoms with Crippen LogP contribution < -0.4 is 0 Å². The minimum absolute atomic E-state index is 0.0541. The normalized spacial score (nSPS) is 32.9. The van der Waals surface area contributed by atoms with Crippen LogP contribution in [0.1, 0.15) is 32.1 Å². The van der Waals surface area contributed by atoms with Crippen LogP contribution in [0.5, 0.6) is 0 Å². The van der Waals surface area contributed by atoms with Crippen LogP contribution in [0, 0.1) is 18.3 Å². The second kappa shape index (κ2) is 4.17. The van der Waals surface area contributed by atoms with Crippen molar-refractivity contribution in [1.29, 1.82) is 0 Å². The lowest BCUT2D eigenvalue weighted by molar-refractivity contribution is -0.147. The minimum Gasteiger partial charge on any atom is -0.480 e. The number of rotatable bonds is 1. The van der Waals surface area contributed by atoms with Gasteiger partial charge in [-0.25, -0.2) is 4.79 Å². The summed E-state index contributed by atoms with van der Waals surface area (Å²) in [5.74, 6) is 0.972. The Kier molecular flexibility index (Phi) is 2.86. The van der Waals surface area contributed by atoms with Gasteiger partial charge < -0.3 is 10.0 Å². The molecule has 1 heterocycles. The maximum atomic E-state index is 11.6. The van der Waals surface area contributed by atoms with Crippen LogP contribution in [0.25, 0.3) is 0 Å². The molecule has 4 heteroatoms. The quantitative estimate of drug-likeness (QED) is 0.668. The second-order valence-electron chi connectivity index (χ2n) is 4.56. The molecule has 3 atom stereocenters. The van der Waals surface area contributed by atoms with E-state index in [9.17, 15) is 9.59 Å². The number of carbonyl (C=O) groups excluding carboxylic acids is 1. The first kappa shape index (κ1) is 11.0. The van der Waals surface area contributed by atoms with Crippen molar-refractivity contribution in [3.63, 3.8) is 0 Å². The molecular formula is C12H15NO3. The molecule has 1 N–H and O–H groups in total. The van der Waals surface area contributed by atoms with Crippen molar-refractivity contribution in [1.82, 2.24) is 4.90 Å². The fourth-order valence-corrected chi connectivity index (χ4v) is 3.05. The Morgan fingerprint density at radius 2 is 2.00 bits per heavy atom. The molecule has 2 aliphatic rings. The van der Waals surface area contributed by atoms with Crippen LogP contribution in [-0.2, 0) is 9.59 Å². The van der Waals surface area contributed by atoms with Gasteiger partial charge in [-0.2, -0.15) is 0 Å². The van der Waals surface area contributed by atoms with Crippen LogP contribution in [0.4, 0.5) is 0 Å². The molecule has 4 nitrogen and oxygen atoms in total. The van der Waals surface area contributed by atoms with E-state index >= 15 is 0 Å². The number of nitrogens with zero attached hydrogens (tertiary/aromatic N) is 1. The number of carboxylic acids is 1. The van der Waals surface area contributed by atoms with E-state index in [1.54, 1.807) is 0 Å². The first-order valence-corrected chi connectivity index (χ1v) is 5.67. The number of fused-ring (bicyclic) bond motifs is 1. The fraction of sp³-hybridized carbons (Fsp3) is 0.667. The predicted molar refractivity (Wildman–Crippen MR) is 57.5 cm³/mol. The van der Waals surface area contributed by atoms with Gasteiger partial charge in [-0.15, -0.1) is 6.42 Å². The Morgan fingerprint density at radius 3 is 2.62 bits per heavy atom. The second-order valence-corrected chi connectivity index (χ2v) is 4.56. The summed E-state index contributed by atoms with van der Waals surface area (Å²) in [5.41, 5.74) is 0. The van der Waals surface area contributed by atoms with Crippen molar-refractivity contribution in [2.24, 2.45) is 5.92 Å². The molecule has 2 fully saturated rings. The van der Waals surface area contributed by atoms with Crippen molar-refractivity contribution >= 4 is 11.9 Å². The van der Waals surface area contributed by atoms with Crippen molar-refractivity contribution in [3.8, 4) is 12.3 Å². The van der Waals surface area contributed by atoms with Gasteiger partial charge in [0.15, 0.2) is 0 Å². The lowest BCUT2D eigenvalue weighted by atomic mass is 9.85. The molecule has 0 bridgehead atoms. The monoisotopic (exact) mass is 221 g/mol. The molecule has 1 amide bonds. The van der Waals surface area contributed by atoms with E-state index in [0.717, 1.165) is 25.7 Å². The average Bonchev–Trinajstić information content (AvgIpc) is 2.67. The Bertz CT molecular complexity index is 358. The summed E-state index contributed by atoms with van der Waals surface area (Å²) in [6.07, 6.45) is 9.76. The molecule has 1 saturated heterocycles. The van der Waals surface area contributed by atoms with Gasteiger partial charge in [0.05, 0.1) is 0 Å². The highest BCUT2D eigenvalue weighted by atomic mass is 16.4. The summed E-state index contributed by atoms with van der Waals surface area (Å²) in [5, 5.41) is 9.11. The van der Waals surface area contributed by atoms with Crippen molar-refractivity contribution in [3.05, 3.63) is 0 Å². The lowest BCUT2D eigenvalue weighted by Crippen LogP contribution is -2.45. The number of terminal acetylenes is 1. The molecule has 0 spiro atoms. The molecule has 1 saturated carbocycles. The van der Waals surface area contributed by atoms with Gasteiger partial charge in [-0.1, -0.05) is 12.8 Å². The summed E-state index contributed by atoms with van der Waals surface area (Å²) in [6, 6.07) is -0.657. The van der Waals surface area contributed by atoms with E-state index < -0.39 is 17.9 Å². The molecule has 0 aromatic rings. The molecule has 0 aromatic carbocycles. The Morgan fingerprint density at radius 1 is 1.31 bits per heavy atom. The molecule has 2 rings (SSSR count). The molecule has 0 radical (unpaired) electrons. The maximum absolute atomic E-state index is 11.6. The predicted octanol–water partition coefficient (Wildman–Crippen LogP) is 0.864. The highest BCUT2D eigenvalue weighted by Gasteiger charge is 2.47. The summed E-state index contributed by atoms with van der Waals surface area (Å²) < 4.78 is 0. The Balaban J connectivity index is 2.25. The van der Waals surface area contributed by atoms with Crippen molar-refractivity contribution in [2.45, 2.75) is 44.2 Å². The average molecular weight is 221 g/mol. The third-order valence-corrected chi connectivity index (χ3v) is 3.73. The first-order chi connectivity index (χ1) is 7.65. The molecule has 1 aliphatic heterocycles. The number of likely N-dealkylation sites (tertiary alicyclic amines) is 1.